The largest absolute Gasteiger partial charge is 0.494 e. The zero-order valence-electron chi connectivity index (χ0n) is 18.0. The zero-order valence-corrected chi connectivity index (χ0v) is 18.0. The third kappa shape index (κ3) is 4.91. The SMILES string of the molecule is CCOc1ccccc1CNC(=O)CCN1C=CN2NC(c3ccc(F)cc3)CC2C1=O. The van der Waals surface area contributed by atoms with Gasteiger partial charge in [-0.15, -0.1) is 0 Å². The van der Waals surface area contributed by atoms with E-state index in [1.165, 1.54) is 12.1 Å². The van der Waals surface area contributed by atoms with Crippen LogP contribution in [0.3, 0.4) is 0 Å². The number of carbonyl (C=O) groups excluding carboxylic acids is 2. The molecule has 0 bridgehead atoms. The van der Waals surface area contributed by atoms with Gasteiger partial charge in [-0.3, -0.25) is 9.59 Å². The van der Waals surface area contributed by atoms with Crippen molar-refractivity contribution in [3.63, 3.8) is 0 Å². The summed E-state index contributed by atoms with van der Waals surface area (Å²) in [6, 6.07) is 13.5. The molecule has 2 heterocycles. The Morgan fingerprint density at radius 2 is 1.97 bits per heavy atom. The van der Waals surface area contributed by atoms with Crippen molar-refractivity contribution in [1.29, 1.82) is 0 Å². The van der Waals surface area contributed by atoms with E-state index in [0.717, 1.165) is 16.9 Å². The summed E-state index contributed by atoms with van der Waals surface area (Å²) in [5.74, 6) is 0.285. The lowest BCUT2D eigenvalue weighted by molar-refractivity contribution is -0.134. The number of rotatable bonds is 8. The summed E-state index contributed by atoms with van der Waals surface area (Å²) in [5, 5.41) is 4.69. The van der Waals surface area contributed by atoms with Gasteiger partial charge in [-0.2, -0.15) is 0 Å². The number of hydrogen-bond acceptors (Lipinski definition) is 5. The Morgan fingerprint density at radius 1 is 1.19 bits per heavy atom. The lowest BCUT2D eigenvalue weighted by Gasteiger charge is -2.31. The van der Waals surface area contributed by atoms with Crippen LogP contribution in [0.25, 0.3) is 0 Å². The van der Waals surface area contributed by atoms with E-state index in [4.69, 9.17) is 4.74 Å². The summed E-state index contributed by atoms with van der Waals surface area (Å²) >= 11 is 0. The van der Waals surface area contributed by atoms with E-state index < -0.39 is 0 Å². The van der Waals surface area contributed by atoms with Crippen LogP contribution >= 0.6 is 0 Å². The molecule has 1 saturated heterocycles. The van der Waals surface area contributed by atoms with Crippen molar-refractivity contribution >= 4 is 11.8 Å². The maximum absolute atomic E-state index is 13.2. The number of hydrogen-bond donors (Lipinski definition) is 2. The first kappa shape index (κ1) is 21.8. The van der Waals surface area contributed by atoms with E-state index in [1.54, 1.807) is 28.2 Å². The van der Waals surface area contributed by atoms with E-state index in [1.807, 2.05) is 37.4 Å². The Bertz CT molecular complexity index is 995. The highest BCUT2D eigenvalue weighted by Crippen LogP contribution is 2.30. The second-order valence-corrected chi connectivity index (χ2v) is 7.79. The van der Waals surface area contributed by atoms with Gasteiger partial charge in [0, 0.05) is 37.5 Å². The quantitative estimate of drug-likeness (QED) is 0.663. The highest BCUT2D eigenvalue weighted by Gasteiger charge is 2.39. The Kier molecular flexibility index (Phi) is 6.70. The minimum Gasteiger partial charge on any atom is -0.494 e. The van der Waals surface area contributed by atoms with Crippen LogP contribution in [0.2, 0.25) is 0 Å². The highest BCUT2D eigenvalue weighted by molar-refractivity contribution is 5.85. The molecule has 2 aliphatic rings. The van der Waals surface area contributed by atoms with Crippen LogP contribution in [-0.2, 0) is 16.1 Å². The van der Waals surface area contributed by atoms with Gasteiger partial charge in [0.15, 0.2) is 0 Å². The van der Waals surface area contributed by atoms with Crippen molar-refractivity contribution < 1.29 is 18.7 Å². The van der Waals surface area contributed by atoms with Gasteiger partial charge < -0.3 is 20.0 Å². The van der Waals surface area contributed by atoms with Gasteiger partial charge >= 0.3 is 0 Å². The number of hydrazine groups is 1. The molecule has 2 aliphatic heterocycles. The average Bonchev–Trinajstić information content (AvgIpc) is 3.24. The number of para-hydroxylation sites is 1. The molecule has 2 unspecified atom stereocenters. The number of fused-ring (bicyclic) bond motifs is 1. The Hall–Kier alpha value is -3.39. The van der Waals surface area contributed by atoms with Crippen LogP contribution in [-0.4, -0.2) is 40.9 Å². The standard InChI is InChI=1S/C24H27FN4O3/c1-2-32-22-6-4-3-5-18(22)16-26-23(30)11-12-28-13-14-29-21(24(28)31)15-20(27-29)17-7-9-19(25)10-8-17/h3-10,13-14,20-21,27H,2,11-12,15-16H2,1H3,(H,26,30). The molecule has 1 fully saturated rings. The minimum atomic E-state index is -0.351. The van der Waals surface area contributed by atoms with Gasteiger partial charge in [-0.25, -0.2) is 9.82 Å². The maximum atomic E-state index is 13.2. The van der Waals surface area contributed by atoms with Crippen LogP contribution in [0, 0.1) is 5.82 Å². The molecule has 0 spiro atoms. The third-order valence-corrected chi connectivity index (χ3v) is 5.68. The topological polar surface area (TPSA) is 73.9 Å². The van der Waals surface area contributed by atoms with E-state index >= 15 is 0 Å². The molecule has 2 amide bonds. The van der Waals surface area contributed by atoms with Crippen molar-refractivity contribution in [2.75, 3.05) is 13.2 Å². The van der Waals surface area contributed by atoms with Crippen molar-refractivity contribution in [2.24, 2.45) is 0 Å². The molecule has 2 aromatic rings. The first-order valence-electron chi connectivity index (χ1n) is 10.8. The number of nitrogens with one attached hydrogen (secondary N) is 2. The summed E-state index contributed by atoms with van der Waals surface area (Å²) in [5.41, 5.74) is 5.13. The fraction of sp³-hybridized carbons (Fsp3) is 0.333. The second-order valence-electron chi connectivity index (χ2n) is 7.79. The first-order chi connectivity index (χ1) is 15.5. The summed E-state index contributed by atoms with van der Waals surface area (Å²) in [4.78, 5) is 26.9. The van der Waals surface area contributed by atoms with Crippen molar-refractivity contribution in [2.45, 2.75) is 38.4 Å². The Morgan fingerprint density at radius 3 is 2.75 bits per heavy atom. The van der Waals surface area contributed by atoms with Crippen molar-refractivity contribution in [1.82, 2.24) is 20.7 Å². The number of benzene rings is 2. The third-order valence-electron chi connectivity index (χ3n) is 5.68. The molecule has 0 radical (unpaired) electrons. The van der Waals surface area contributed by atoms with Crippen molar-refractivity contribution in [3.05, 3.63) is 77.9 Å². The summed E-state index contributed by atoms with van der Waals surface area (Å²) in [6.45, 7) is 3.16. The molecule has 2 N–H and O–H groups in total. The van der Waals surface area contributed by atoms with Gasteiger partial charge in [0.2, 0.25) is 5.91 Å². The van der Waals surface area contributed by atoms with E-state index in [0.29, 0.717) is 26.1 Å². The molecule has 2 atom stereocenters. The summed E-state index contributed by atoms with van der Waals surface area (Å²) in [6.07, 6.45) is 4.28. The van der Waals surface area contributed by atoms with Gasteiger partial charge in [-0.1, -0.05) is 30.3 Å². The normalized spacial score (nSPS) is 19.8. The van der Waals surface area contributed by atoms with Crippen LogP contribution in [0.4, 0.5) is 4.39 Å². The van der Waals surface area contributed by atoms with Crippen LogP contribution in [0.1, 0.15) is 36.9 Å². The Balaban J connectivity index is 1.28. The summed E-state index contributed by atoms with van der Waals surface area (Å²) in [7, 11) is 0. The number of halogens is 1. The number of nitrogens with zero attached hydrogens (tertiary/aromatic N) is 2. The van der Waals surface area contributed by atoms with Gasteiger partial charge in [0.1, 0.15) is 17.6 Å². The smallest absolute Gasteiger partial charge is 0.250 e. The monoisotopic (exact) mass is 438 g/mol. The lowest BCUT2D eigenvalue weighted by Crippen LogP contribution is -2.48. The zero-order chi connectivity index (χ0) is 22.5. The predicted octanol–water partition coefficient (Wildman–Crippen LogP) is 2.86. The molecule has 32 heavy (non-hydrogen) atoms. The van der Waals surface area contributed by atoms with Crippen molar-refractivity contribution in [3.8, 4) is 5.75 Å². The fourth-order valence-corrected chi connectivity index (χ4v) is 3.98. The molecule has 0 saturated carbocycles. The van der Waals surface area contributed by atoms with E-state index in [2.05, 4.69) is 10.7 Å². The van der Waals surface area contributed by atoms with Crippen LogP contribution in [0.5, 0.6) is 5.75 Å². The molecule has 2 aromatic carbocycles. The molecule has 8 heteroatoms. The molecule has 168 valence electrons. The molecule has 0 aliphatic carbocycles. The second kappa shape index (κ2) is 9.82. The molecular weight excluding hydrogens is 411 g/mol. The number of ether oxygens (including phenoxy) is 1. The molecular formula is C24H27FN4O3. The van der Waals surface area contributed by atoms with E-state index in [9.17, 15) is 14.0 Å². The van der Waals surface area contributed by atoms with Crippen LogP contribution in [0.15, 0.2) is 60.9 Å². The number of amides is 2. The maximum Gasteiger partial charge on any atom is 0.250 e. The van der Waals surface area contributed by atoms with Gasteiger partial charge in [0.05, 0.1) is 12.6 Å². The Labute approximate surface area is 186 Å². The average molecular weight is 439 g/mol. The summed E-state index contributed by atoms with van der Waals surface area (Å²) < 4.78 is 18.8. The molecule has 0 aromatic heterocycles. The molecule has 7 nitrogen and oxygen atoms in total. The number of carbonyl (C=O) groups is 2. The minimum absolute atomic E-state index is 0.0564. The van der Waals surface area contributed by atoms with Gasteiger partial charge in [-0.05, 0) is 37.1 Å². The van der Waals surface area contributed by atoms with Gasteiger partial charge in [0.25, 0.3) is 5.91 Å². The lowest BCUT2D eigenvalue weighted by atomic mass is 10.0. The van der Waals surface area contributed by atoms with E-state index in [-0.39, 0.29) is 36.1 Å². The predicted molar refractivity (Wildman–Crippen MR) is 117 cm³/mol. The first-order valence-corrected chi connectivity index (χ1v) is 10.8. The highest BCUT2D eigenvalue weighted by atomic mass is 19.1. The molecule has 4 rings (SSSR count). The fourth-order valence-electron chi connectivity index (χ4n) is 3.98. The van der Waals surface area contributed by atoms with Crippen LogP contribution < -0.4 is 15.5 Å².